The minimum absolute atomic E-state index is 0.0870. The van der Waals surface area contributed by atoms with E-state index in [4.69, 9.17) is 14.8 Å². The van der Waals surface area contributed by atoms with Gasteiger partial charge in [0, 0.05) is 13.0 Å². The summed E-state index contributed by atoms with van der Waals surface area (Å²) >= 11 is 0. The largest absolute Gasteiger partial charge is 0.472 e. The highest BCUT2D eigenvalue weighted by molar-refractivity contribution is 7.47. The van der Waals surface area contributed by atoms with Gasteiger partial charge in [-0.25, -0.2) is 4.57 Å². The summed E-state index contributed by atoms with van der Waals surface area (Å²) in [6.45, 7) is 4.20. The molecular formula is C45H89N2O6P. The summed E-state index contributed by atoms with van der Waals surface area (Å²) in [6, 6.07) is -0.780. The number of rotatable bonds is 43. The number of aliphatic hydroxyl groups excluding tert-OH is 1. The maximum atomic E-state index is 12.8. The summed E-state index contributed by atoms with van der Waals surface area (Å²) in [5.41, 5.74) is 5.38. The van der Waals surface area contributed by atoms with Crippen LogP contribution in [0.5, 0.6) is 0 Å². The molecule has 0 saturated carbocycles. The first kappa shape index (κ1) is 53.0. The van der Waals surface area contributed by atoms with Crippen molar-refractivity contribution < 1.29 is 28.4 Å². The van der Waals surface area contributed by atoms with Crippen LogP contribution in [0.25, 0.3) is 0 Å². The molecule has 1 amide bonds. The molecule has 0 aromatic rings. The summed E-state index contributed by atoms with van der Waals surface area (Å²) in [5, 5.41) is 13.8. The molecule has 0 heterocycles. The van der Waals surface area contributed by atoms with Gasteiger partial charge in [0.1, 0.15) is 0 Å². The van der Waals surface area contributed by atoms with E-state index in [2.05, 4.69) is 43.5 Å². The summed E-state index contributed by atoms with van der Waals surface area (Å²) < 4.78 is 22.2. The summed E-state index contributed by atoms with van der Waals surface area (Å²) in [6.07, 6.45) is 47.6. The Morgan fingerprint density at radius 2 is 1.02 bits per heavy atom. The van der Waals surface area contributed by atoms with E-state index in [0.29, 0.717) is 12.8 Å². The lowest BCUT2D eigenvalue weighted by Gasteiger charge is -2.25. The maximum Gasteiger partial charge on any atom is 0.472 e. The van der Waals surface area contributed by atoms with Crippen molar-refractivity contribution >= 4 is 13.7 Å². The molecule has 3 atom stereocenters. The molecule has 3 unspecified atom stereocenters. The lowest BCUT2D eigenvalue weighted by atomic mass is 10.0. The molecule has 0 radical (unpaired) electrons. The van der Waals surface area contributed by atoms with E-state index in [0.717, 1.165) is 64.2 Å². The quantitative estimate of drug-likeness (QED) is 0.0275. The molecule has 0 bridgehead atoms. The second-order valence-electron chi connectivity index (χ2n) is 15.6. The second-order valence-corrected chi connectivity index (χ2v) is 17.1. The van der Waals surface area contributed by atoms with Crippen molar-refractivity contribution in [1.29, 1.82) is 0 Å². The molecule has 320 valence electrons. The molecule has 0 aromatic heterocycles. The van der Waals surface area contributed by atoms with Crippen molar-refractivity contribution in [2.24, 2.45) is 5.73 Å². The Hall–Kier alpha value is -1.02. The number of allylic oxidation sites excluding steroid dienone is 4. The minimum atomic E-state index is -4.32. The first-order valence-corrected chi connectivity index (χ1v) is 24.4. The van der Waals surface area contributed by atoms with Crippen LogP contribution >= 0.6 is 7.82 Å². The van der Waals surface area contributed by atoms with Gasteiger partial charge in [0.2, 0.25) is 5.91 Å². The number of phosphoric acid groups is 1. The number of carbonyl (C=O) groups is 1. The van der Waals surface area contributed by atoms with Crippen molar-refractivity contribution in [3.8, 4) is 0 Å². The van der Waals surface area contributed by atoms with Crippen LogP contribution in [-0.2, 0) is 18.4 Å². The van der Waals surface area contributed by atoms with Gasteiger partial charge in [0.05, 0.1) is 25.4 Å². The van der Waals surface area contributed by atoms with Crippen LogP contribution < -0.4 is 11.1 Å². The monoisotopic (exact) mass is 785 g/mol. The first-order valence-electron chi connectivity index (χ1n) is 23.0. The van der Waals surface area contributed by atoms with Crippen LogP contribution in [0, 0.1) is 0 Å². The van der Waals surface area contributed by atoms with E-state index in [-0.39, 0.29) is 25.7 Å². The molecule has 0 spiro atoms. The fraction of sp³-hybridized carbons (Fsp3) is 0.889. The van der Waals surface area contributed by atoms with E-state index in [1.54, 1.807) is 0 Å². The van der Waals surface area contributed by atoms with Gasteiger partial charge in [-0.2, -0.15) is 0 Å². The van der Waals surface area contributed by atoms with Gasteiger partial charge in [-0.15, -0.1) is 0 Å². The number of aliphatic hydroxyl groups is 1. The molecule has 9 heteroatoms. The van der Waals surface area contributed by atoms with Gasteiger partial charge < -0.3 is 21.1 Å². The van der Waals surface area contributed by atoms with E-state index >= 15 is 0 Å². The van der Waals surface area contributed by atoms with E-state index < -0.39 is 20.0 Å². The molecule has 0 aliphatic carbocycles. The average molecular weight is 785 g/mol. The number of carbonyl (C=O) groups excluding carboxylic acids is 1. The highest BCUT2D eigenvalue weighted by Crippen LogP contribution is 2.43. The van der Waals surface area contributed by atoms with Crippen molar-refractivity contribution in [3.05, 3.63) is 24.3 Å². The molecule has 0 aliphatic heterocycles. The molecule has 0 saturated heterocycles. The zero-order valence-electron chi connectivity index (χ0n) is 35.5. The number of hydrogen-bond donors (Lipinski definition) is 4. The average Bonchev–Trinajstić information content (AvgIpc) is 3.16. The predicted octanol–water partition coefficient (Wildman–Crippen LogP) is 12.9. The highest BCUT2D eigenvalue weighted by Gasteiger charge is 2.27. The van der Waals surface area contributed by atoms with E-state index in [1.807, 2.05) is 0 Å². The molecule has 0 aromatic carbocycles. The topological polar surface area (TPSA) is 131 Å². The predicted molar refractivity (Wildman–Crippen MR) is 231 cm³/mol. The smallest absolute Gasteiger partial charge is 0.391 e. The fourth-order valence-corrected chi connectivity index (χ4v) is 7.57. The summed E-state index contributed by atoms with van der Waals surface area (Å²) in [7, 11) is -4.32. The Labute approximate surface area is 334 Å². The maximum absolute atomic E-state index is 12.8. The Bertz CT molecular complexity index is 901. The van der Waals surface area contributed by atoms with Crippen LogP contribution in [0.15, 0.2) is 24.3 Å². The first-order chi connectivity index (χ1) is 26.4. The molecule has 0 rings (SSSR count). The zero-order chi connectivity index (χ0) is 39.6. The fourth-order valence-electron chi connectivity index (χ4n) is 6.81. The number of hydrogen-bond acceptors (Lipinski definition) is 6. The summed E-state index contributed by atoms with van der Waals surface area (Å²) in [5.74, 6) is -0.173. The third-order valence-electron chi connectivity index (χ3n) is 10.3. The van der Waals surface area contributed by atoms with Crippen LogP contribution in [0.2, 0.25) is 0 Å². The van der Waals surface area contributed by atoms with E-state index in [1.165, 1.54) is 135 Å². The van der Waals surface area contributed by atoms with Gasteiger partial charge in [0.25, 0.3) is 0 Å². The molecule has 0 fully saturated rings. The van der Waals surface area contributed by atoms with Gasteiger partial charge in [-0.3, -0.25) is 13.8 Å². The number of nitrogens with one attached hydrogen (secondary N) is 1. The Morgan fingerprint density at radius 1 is 0.611 bits per heavy atom. The third kappa shape index (κ3) is 39.2. The summed E-state index contributed by atoms with van der Waals surface area (Å²) in [4.78, 5) is 22.7. The van der Waals surface area contributed by atoms with Gasteiger partial charge >= 0.3 is 7.82 Å². The molecular weight excluding hydrogens is 695 g/mol. The zero-order valence-corrected chi connectivity index (χ0v) is 36.4. The van der Waals surface area contributed by atoms with Crippen LogP contribution in [0.3, 0.4) is 0 Å². The van der Waals surface area contributed by atoms with Gasteiger partial charge in [-0.05, 0) is 44.9 Å². The van der Waals surface area contributed by atoms with Crippen molar-refractivity contribution in [3.63, 3.8) is 0 Å². The lowest BCUT2D eigenvalue weighted by Crippen LogP contribution is -2.46. The molecule has 0 aliphatic rings. The Balaban J connectivity index is 4.14. The highest BCUT2D eigenvalue weighted by atomic mass is 31.2. The number of nitrogens with two attached hydrogens (primary N) is 1. The second kappa shape index (κ2) is 41.6. The Morgan fingerprint density at radius 3 is 1.48 bits per heavy atom. The van der Waals surface area contributed by atoms with Crippen LogP contribution in [0.1, 0.15) is 226 Å². The van der Waals surface area contributed by atoms with Gasteiger partial charge in [-0.1, -0.05) is 199 Å². The van der Waals surface area contributed by atoms with Crippen molar-refractivity contribution in [2.45, 2.75) is 238 Å². The third-order valence-corrected chi connectivity index (χ3v) is 11.3. The number of amides is 1. The Kier molecular flexibility index (Phi) is 40.8. The van der Waals surface area contributed by atoms with Gasteiger partial charge in [0.15, 0.2) is 0 Å². The molecule has 5 N–H and O–H groups in total. The van der Waals surface area contributed by atoms with Crippen LogP contribution in [-0.4, -0.2) is 47.8 Å². The van der Waals surface area contributed by atoms with E-state index in [9.17, 15) is 19.4 Å². The number of unbranched alkanes of at least 4 members (excludes halogenated alkanes) is 27. The van der Waals surface area contributed by atoms with Crippen LogP contribution in [0.4, 0.5) is 0 Å². The van der Waals surface area contributed by atoms with Crippen molar-refractivity contribution in [2.75, 3.05) is 19.8 Å². The SMILES string of the molecule is CCCCCC/C=C\C/C=C\CCCCCCCC(=O)NC(COP(=O)(O)OCCN)C(O)CCCCCCCCCCCCCCCCCCCCC. The lowest BCUT2D eigenvalue weighted by molar-refractivity contribution is -0.123. The normalized spacial score (nSPS) is 14.2. The standard InChI is InChI=1S/C45H89N2O6P/c1-3-5-7-9-11-13-15-17-19-21-22-23-24-26-28-30-32-34-36-38-44(48)43(42-53-54(50,51)52-41-40-46)47-45(49)39-37-35-33-31-29-27-25-20-18-16-14-12-10-8-6-4-2/h14,16,20,25,43-44,48H,3-13,15,17-19,21-24,26-42,46H2,1-2H3,(H,47,49)(H,50,51)/b16-14-,25-20-. The molecule has 54 heavy (non-hydrogen) atoms. The van der Waals surface area contributed by atoms with Crippen molar-refractivity contribution in [1.82, 2.24) is 5.32 Å². The molecule has 8 nitrogen and oxygen atoms in total. The number of phosphoric ester groups is 1. The minimum Gasteiger partial charge on any atom is -0.391 e.